The Morgan fingerprint density at radius 1 is 1.30 bits per heavy atom. The summed E-state index contributed by atoms with van der Waals surface area (Å²) in [7, 11) is 0. The first-order valence-electron chi connectivity index (χ1n) is 7.97. The van der Waals surface area contributed by atoms with Crippen molar-refractivity contribution in [3.8, 4) is 11.4 Å². The molecule has 0 amide bonds. The number of anilines is 1. The summed E-state index contributed by atoms with van der Waals surface area (Å²) < 4.78 is 21.9. The Bertz CT molecular complexity index is 1140. The number of nitrogens with one attached hydrogen (secondary N) is 1. The molecule has 4 rings (SSSR count). The molecule has 10 heteroatoms. The Labute approximate surface area is 161 Å². The minimum absolute atomic E-state index is 0.180. The molecule has 3 heterocycles. The van der Waals surface area contributed by atoms with E-state index in [-0.39, 0.29) is 11.4 Å². The summed E-state index contributed by atoms with van der Waals surface area (Å²) in [4.78, 5) is 12.5. The van der Waals surface area contributed by atoms with Crippen LogP contribution in [0.4, 0.5) is 10.1 Å². The molecule has 0 aliphatic carbocycles. The van der Waals surface area contributed by atoms with Crippen LogP contribution in [0.1, 0.15) is 23.6 Å². The number of oxazole rings is 1. The van der Waals surface area contributed by atoms with E-state index < -0.39 is 12.0 Å². The van der Waals surface area contributed by atoms with Gasteiger partial charge in [0.2, 0.25) is 0 Å². The lowest BCUT2D eigenvalue weighted by Gasteiger charge is -2.13. The quantitative estimate of drug-likeness (QED) is 0.476. The monoisotopic (exact) mass is 432 g/mol. The standard InChI is InChI=1S/C17H14BrFN6O2/c1-8-14(27-9(2)21-8)16(26)22-11-3-4-13(19)12(5-11)15-23-17-20-6-10(18)7-25(17)24-15/h3-7,16,22,26H,1-2H3. The van der Waals surface area contributed by atoms with Crippen LogP contribution < -0.4 is 5.32 Å². The van der Waals surface area contributed by atoms with E-state index in [0.29, 0.717) is 28.8 Å². The van der Waals surface area contributed by atoms with Crippen molar-refractivity contribution < 1.29 is 13.9 Å². The van der Waals surface area contributed by atoms with Gasteiger partial charge in [0.1, 0.15) is 5.82 Å². The molecule has 138 valence electrons. The summed E-state index contributed by atoms with van der Waals surface area (Å²) in [5.74, 6) is 0.798. The van der Waals surface area contributed by atoms with E-state index in [9.17, 15) is 9.50 Å². The van der Waals surface area contributed by atoms with E-state index >= 15 is 0 Å². The number of rotatable bonds is 4. The maximum Gasteiger partial charge on any atom is 0.252 e. The van der Waals surface area contributed by atoms with Gasteiger partial charge < -0.3 is 14.8 Å². The molecule has 0 aliphatic heterocycles. The third kappa shape index (κ3) is 3.40. The SMILES string of the molecule is Cc1nc(C)c(C(O)Nc2ccc(F)c(-c3nc4ncc(Br)cn4n3)c2)o1. The summed E-state index contributed by atoms with van der Waals surface area (Å²) in [6.07, 6.45) is 2.13. The van der Waals surface area contributed by atoms with Crippen LogP contribution in [-0.2, 0) is 0 Å². The average Bonchev–Trinajstić information content (AvgIpc) is 3.18. The lowest BCUT2D eigenvalue weighted by molar-refractivity contribution is 0.175. The zero-order chi connectivity index (χ0) is 19.1. The van der Waals surface area contributed by atoms with Crippen molar-refractivity contribution in [2.24, 2.45) is 0 Å². The molecule has 3 aromatic heterocycles. The first-order chi connectivity index (χ1) is 12.9. The van der Waals surface area contributed by atoms with Crippen molar-refractivity contribution in [3.05, 3.63) is 58.2 Å². The normalized spacial score (nSPS) is 12.5. The third-order valence-electron chi connectivity index (χ3n) is 3.86. The highest BCUT2D eigenvalue weighted by atomic mass is 79.9. The molecule has 0 fully saturated rings. The second-order valence-electron chi connectivity index (χ2n) is 5.88. The molecule has 1 aromatic carbocycles. The number of fused-ring (bicyclic) bond motifs is 1. The maximum absolute atomic E-state index is 14.4. The van der Waals surface area contributed by atoms with Crippen LogP contribution in [0.3, 0.4) is 0 Å². The van der Waals surface area contributed by atoms with Crippen molar-refractivity contribution in [2.45, 2.75) is 20.1 Å². The first-order valence-corrected chi connectivity index (χ1v) is 8.76. The van der Waals surface area contributed by atoms with Crippen molar-refractivity contribution in [1.82, 2.24) is 24.6 Å². The predicted octanol–water partition coefficient (Wildman–Crippen LogP) is 3.40. The Morgan fingerprint density at radius 2 is 2.11 bits per heavy atom. The maximum atomic E-state index is 14.4. The molecule has 1 atom stereocenters. The molecule has 1 unspecified atom stereocenters. The topological polar surface area (TPSA) is 101 Å². The fourth-order valence-electron chi connectivity index (χ4n) is 2.68. The van der Waals surface area contributed by atoms with Crippen molar-refractivity contribution >= 4 is 27.4 Å². The summed E-state index contributed by atoms with van der Waals surface area (Å²) in [5, 5.41) is 17.5. The van der Waals surface area contributed by atoms with Gasteiger partial charge in [-0.05, 0) is 41.1 Å². The van der Waals surface area contributed by atoms with Crippen LogP contribution in [-0.4, -0.2) is 29.7 Å². The molecule has 0 saturated heterocycles. The van der Waals surface area contributed by atoms with Gasteiger partial charge in [-0.25, -0.2) is 18.9 Å². The van der Waals surface area contributed by atoms with Crippen LogP contribution in [0.15, 0.2) is 39.5 Å². The van der Waals surface area contributed by atoms with Gasteiger partial charge in [0.15, 0.2) is 23.7 Å². The summed E-state index contributed by atoms with van der Waals surface area (Å²) in [6, 6.07) is 4.30. The molecule has 0 saturated carbocycles. The number of hydrogen-bond donors (Lipinski definition) is 2. The number of halogens is 2. The molecule has 0 aliphatic rings. The van der Waals surface area contributed by atoms with Gasteiger partial charge in [0, 0.05) is 25.0 Å². The Balaban J connectivity index is 1.67. The van der Waals surface area contributed by atoms with E-state index in [2.05, 4.69) is 41.3 Å². The number of nitrogens with zero attached hydrogens (tertiary/aromatic N) is 5. The first kappa shape index (κ1) is 17.6. The molecule has 0 bridgehead atoms. The fourth-order valence-corrected chi connectivity index (χ4v) is 2.98. The number of hydrogen-bond acceptors (Lipinski definition) is 7. The van der Waals surface area contributed by atoms with E-state index in [1.165, 1.54) is 22.7 Å². The third-order valence-corrected chi connectivity index (χ3v) is 4.27. The molecular formula is C17H14BrFN6O2. The van der Waals surface area contributed by atoms with Crippen LogP contribution >= 0.6 is 15.9 Å². The summed E-state index contributed by atoms with van der Waals surface area (Å²) >= 11 is 3.30. The second kappa shape index (κ2) is 6.71. The molecule has 4 aromatic rings. The zero-order valence-electron chi connectivity index (χ0n) is 14.3. The van der Waals surface area contributed by atoms with Gasteiger partial charge in [0.05, 0.1) is 15.7 Å². The van der Waals surface area contributed by atoms with Gasteiger partial charge in [-0.1, -0.05) is 0 Å². The summed E-state index contributed by atoms with van der Waals surface area (Å²) in [5.41, 5.74) is 1.23. The smallest absolute Gasteiger partial charge is 0.252 e. The van der Waals surface area contributed by atoms with E-state index in [1.54, 1.807) is 26.2 Å². The molecule has 27 heavy (non-hydrogen) atoms. The number of aliphatic hydroxyl groups excluding tert-OH is 1. The highest BCUT2D eigenvalue weighted by molar-refractivity contribution is 9.10. The van der Waals surface area contributed by atoms with Crippen molar-refractivity contribution in [2.75, 3.05) is 5.32 Å². The minimum Gasteiger partial charge on any atom is -0.441 e. The van der Waals surface area contributed by atoms with Crippen LogP contribution in [0.25, 0.3) is 17.2 Å². The Hall–Kier alpha value is -2.85. The van der Waals surface area contributed by atoms with Gasteiger partial charge in [-0.15, -0.1) is 5.10 Å². The number of aliphatic hydroxyl groups is 1. The van der Waals surface area contributed by atoms with Crippen LogP contribution in [0.2, 0.25) is 0 Å². The largest absolute Gasteiger partial charge is 0.441 e. The Morgan fingerprint density at radius 3 is 2.85 bits per heavy atom. The van der Waals surface area contributed by atoms with Gasteiger partial charge in [-0.3, -0.25) is 0 Å². The van der Waals surface area contributed by atoms with Crippen molar-refractivity contribution in [1.29, 1.82) is 0 Å². The lowest BCUT2D eigenvalue weighted by Crippen LogP contribution is -2.10. The zero-order valence-corrected chi connectivity index (χ0v) is 15.9. The molecule has 0 radical (unpaired) electrons. The number of aromatic nitrogens is 5. The minimum atomic E-state index is -1.13. The predicted molar refractivity (Wildman–Crippen MR) is 98.4 cm³/mol. The van der Waals surface area contributed by atoms with Gasteiger partial charge in [-0.2, -0.15) is 4.98 Å². The van der Waals surface area contributed by atoms with Crippen LogP contribution in [0.5, 0.6) is 0 Å². The second-order valence-corrected chi connectivity index (χ2v) is 6.79. The van der Waals surface area contributed by atoms with Gasteiger partial charge in [0.25, 0.3) is 5.78 Å². The summed E-state index contributed by atoms with van der Waals surface area (Å²) in [6.45, 7) is 3.43. The van der Waals surface area contributed by atoms with E-state index in [0.717, 1.165) is 4.47 Å². The molecule has 8 nitrogen and oxygen atoms in total. The Kier molecular flexibility index (Phi) is 4.36. The fraction of sp³-hybridized carbons (Fsp3) is 0.176. The average molecular weight is 433 g/mol. The molecular weight excluding hydrogens is 419 g/mol. The highest BCUT2D eigenvalue weighted by Gasteiger charge is 2.18. The van der Waals surface area contributed by atoms with E-state index in [4.69, 9.17) is 4.42 Å². The lowest BCUT2D eigenvalue weighted by atomic mass is 10.1. The van der Waals surface area contributed by atoms with Crippen molar-refractivity contribution in [3.63, 3.8) is 0 Å². The molecule has 0 spiro atoms. The van der Waals surface area contributed by atoms with Crippen LogP contribution in [0, 0.1) is 19.7 Å². The number of benzene rings is 1. The van der Waals surface area contributed by atoms with Gasteiger partial charge >= 0.3 is 0 Å². The number of aryl methyl sites for hydroxylation is 2. The molecule has 2 N–H and O–H groups in total. The van der Waals surface area contributed by atoms with E-state index in [1.807, 2.05) is 0 Å². The highest BCUT2D eigenvalue weighted by Crippen LogP contribution is 2.27.